The molecule has 1 N–H and O–H groups in total. The van der Waals surface area contributed by atoms with E-state index in [2.05, 4.69) is 16.0 Å². The average molecular weight is 394 g/mol. The third-order valence-electron chi connectivity index (χ3n) is 4.60. The molecule has 28 heavy (non-hydrogen) atoms. The molecule has 0 atom stereocenters. The molecular formula is C22H20ClN3O2. The van der Waals surface area contributed by atoms with E-state index < -0.39 is 0 Å². The first-order valence-corrected chi connectivity index (χ1v) is 9.59. The molecule has 2 aromatic carbocycles. The Kier molecular flexibility index (Phi) is 5.44. The predicted octanol–water partition coefficient (Wildman–Crippen LogP) is 4.69. The lowest BCUT2D eigenvalue weighted by Crippen LogP contribution is -2.24. The van der Waals surface area contributed by atoms with Crippen molar-refractivity contribution in [2.45, 2.75) is 19.4 Å². The predicted molar refractivity (Wildman–Crippen MR) is 110 cm³/mol. The molecule has 142 valence electrons. The van der Waals surface area contributed by atoms with Gasteiger partial charge < -0.3 is 14.3 Å². The van der Waals surface area contributed by atoms with Crippen LogP contribution in [-0.4, -0.2) is 22.0 Å². The normalized spacial score (nSPS) is 11.0. The number of nitrogens with one attached hydrogen (secondary N) is 1. The number of halogens is 1. The maximum atomic E-state index is 12.0. The Hall–Kier alpha value is -3.05. The molecule has 6 heteroatoms. The van der Waals surface area contributed by atoms with Crippen LogP contribution in [0.1, 0.15) is 28.4 Å². The van der Waals surface area contributed by atoms with Crippen LogP contribution in [0.5, 0.6) is 0 Å². The number of aromatic nitrogens is 2. The van der Waals surface area contributed by atoms with E-state index in [0.29, 0.717) is 12.3 Å². The van der Waals surface area contributed by atoms with Crippen molar-refractivity contribution in [3.63, 3.8) is 0 Å². The smallest absolute Gasteiger partial charge is 0.286 e. The Morgan fingerprint density at radius 2 is 1.89 bits per heavy atom. The number of hydrogen-bond donors (Lipinski definition) is 1. The van der Waals surface area contributed by atoms with Crippen molar-refractivity contribution in [1.82, 2.24) is 14.9 Å². The Morgan fingerprint density at radius 3 is 2.68 bits per heavy atom. The number of fused-ring (bicyclic) bond motifs is 1. The summed E-state index contributed by atoms with van der Waals surface area (Å²) in [5, 5.41) is 3.61. The van der Waals surface area contributed by atoms with E-state index in [-0.39, 0.29) is 5.91 Å². The first-order valence-electron chi connectivity index (χ1n) is 9.21. The van der Waals surface area contributed by atoms with Crippen LogP contribution < -0.4 is 5.32 Å². The molecule has 0 saturated heterocycles. The molecule has 0 aliphatic carbocycles. The van der Waals surface area contributed by atoms with E-state index in [1.807, 2.05) is 42.5 Å². The highest BCUT2D eigenvalue weighted by molar-refractivity contribution is 6.30. The van der Waals surface area contributed by atoms with Gasteiger partial charge >= 0.3 is 0 Å². The average Bonchev–Trinajstić information content (AvgIpc) is 3.36. The van der Waals surface area contributed by atoms with E-state index in [1.54, 1.807) is 12.1 Å². The van der Waals surface area contributed by atoms with Crippen LogP contribution in [0.15, 0.2) is 71.3 Å². The number of carbonyl (C=O) groups excluding carboxylic acids is 1. The first kappa shape index (κ1) is 18.3. The summed E-state index contributed by atoms with van der Waals surface area (Å²) >= 11 is 6.01. The van der Waals surface area contributed by atoms with Gasteiger partial charge in [0.1, 0.15) is 5.82 Å². The van der Waals surface area contributed by atoms with Crippen molar-refractivity contribution in [3.05, 3.63) is 89.1 Å². The van der Waals surface area contributed by atoms with Crippen molar-refractivity contribution in [3.8, 4) is 0 Å². The van der Waals surface area contributed by atoms with Gasteiger partial charge in [0.25, 0.3) is 5.91 Å². The van der Waals surface area contributed by atoms with Crippen molar-refractivity contribution in [2.75, 3.05) is 6.54 Å². The number of imidazole rings is 1. The van der Waals surface area contributed by atoms with Crippen molar-refractivity contribution < 1.29 is 9.21 Å². The van der Waals surface area contributed by atoms with Crippen molar-refractivity contribution in [1.29, 1.82) is 0 Å². The van der Waals surface area contributed by atoms with E-state index in [1.165, 1.54) is 11.8 Å². The molecule has 0 aliphatic rings. The molecule has 1 amide bonds. The Morgan fingerprint density at radius 1 is 1.07 bits per heavy atom. The summed E-state index contributed by atoms with van der Waals surface area (Å²) in [4.78, 5) is 16.8. The van der Waals surface area contributed by atoms with Gasteiger partial charge in [0.2, 0.25) is 0 Å². The van der Waals surface area contributed by atoms with Crippen LogP contribution in [0.25, 0.3) is 11.0 Å². The van der Waals surface area contributed by atoms with Gasteiger partial charge in [0.05, 0.1) is 17.3 Å². The maximum absolute atomic E-state index is 12.0. The third-order valence-corrected chi connectivity index (χ3v) is 4.85. The highest BCUT2D eigenvalue weighted by Crippen LogP contribution is 2.20. The molecule has 0 radical (unpaired) electrons. The number of benzene rings is 2. The van der Waals surface area contributed by atoms with Crippen LogP contribution in [0.3, 0.4) is 0 Å². The molecule has 2 aromatic heterocycles. The molecule has 0 saturated carbocycles. The van der Waals surface area contributed by atoms with E-state index in [9.17, 15) is 4.79 Å². The molecule has 4 rings (SSSR count). The van der Waals surface area contributed by atoms with Gasteiger partial charge in [-0.15, -0.1) is 0 Å². The van der Waals surface area contributed by atoms with Crippen LogP contribution >= 0.6 is 11.6 Å². The molecule has 2 heterocycles. The minimum atomic E-state index is -0.195. The fraction of sp³-hybridized carbons (Fsp3) is 0.182. The maximum Gasteiger partial charge on any atom is 0.286 e. The number of carbonyl (C=O) groups is 1. The van der Waals surface area contributed by atoms with Gasteiger partial charge in [-0.1, -0.05) is 35.9 Å². The van der Waals surface area contributed by atoms with E-state index >= 15 is 0 Å². The summed E-state index contributed by atoms with van der Waals surface area (Å²) in [6.45, 7) is 1.29. The molecule has 0 unspecified atom stereocenters. The van der Waals surface area contributed by atoms with Crippen LogP contribution in [0.2, 0.25) is 5.02 Å². The van der Waals surface area contributed by atoms with Gasteiger partial charge in [-0.3, -0.25) is 4.79 Å². The minimum absolute atomic E-state index is 0.195. The Balaban J connectivity index is 1.46. The number of nitrogens with zero attached hydrogens (tertiary/aromatic N) is 2. The topological polar surface area (TPSA) is 60.1 Å². The molecule has 4 aromatic rings. The van der Waals surface area contributed by atoms with Crippen LogP contribution in [0, 0.1) is 0 Å². The Bertz CT molecular complexity index is 1070. The summed E-state index contributed by atoms with van der Waals surface area (Å²) in [5.41, 5.74) is 3.25. The number of para-hydroxylation sites is 2. The quantitative estimate of drug-likeness (QED) is 0.463. The van der Waals surface area contributed by atoms with E-state index in [0.717, 1.165) is 41.3 Å². The Labute approximate surface area is 167 Å². The second kappa shape index (κ2) is 8.31. The highest BCUT2D eigenvalue weighted by atomic mass is 35.5. The zero-order valence-electron chi connectivity index (χ0n) is 15.3. The lowest BCUT2D eigenvalue weighted by atomic mass is 10.2. The summed E-state index contributed by atoms with van der Waals surface area (Å²) < 4.78 is 7.34. The SMILES string of the molecule is O=C(NCCCc1nc2ccccc2n1Cc1ccc(Cl)cc1)c1ccco1. The lowest BCUT2D eigenvalue weighted by Gasteiger charge is -2.10. The largest absolute Gasteiger partial charge is 0.459 e. The molecule has 5 nitrogen and oxygen atoms in total. The monoisotopic (exact) mass is 393 g/mol. The number of aryl methyl sites for hydroxylation is 1. The fourth-order valence-electron chi connectivity index (χ4n) is 3.21. The zero-order chi connectivity index (χ0) is 19.3. The van der Waals surface area contributed by atoms with Crippen LogP contribution in [0.4, 0.5) is 0 Å². The minimum Gasteiger partial charge on any atom is -0.459 e. The van der Waals surface area contributed by atoms with Crippen molar-refractivity contribution >= 4 is 28.5 Å². The van der Waals surface area contributed by atoms with Gasteiger partial charge in [-0.25, -0.2) is 4.98 Å². The van der Waals surface area contributed by atoms with Gasteiger partial charge in [0.15, 0.2) is 5.76 Å². The molecule has 0 fully saturated rings. The third kappa shape index (κ3) is 4.10. The number of furan rings is 1. The van der Waals surface area contributed by atoms with Gasteiger partial charge in [-0.2, -0.15) is 0 Å². The molecule has 0 aliphatic heterocycles. The van der Waals surface area contributed by atoms with Crippen LogP contribution in [-0.2, 0) is 13.0 Å². The zero-order valence-corrected chi connectivity index (χ0v) is 16.0. The summed E-state index contributed by atoms with van der Waals surface area (Å²) in [7, 11) is 0. The van der Waals surface area contributed by atoms with E-state index in [4.69, 9.17) is 21.0 Å². The number of hydrogen-bond acceptors (Lipinski definition) is 3. The van der Waals surface area contributed by atoms with Gasteiger partial charge in [-0.05, 0) is 48.4 Å². The first-order chi connectivity index (χ1) is 13.7. The second-order valence-electron chi connectivity index (χ2n) is 6.57. The summed E-state index contributed by atoms with van der Waals surface area (Å²) in [6, 6.07) is 19.4. The number of rotatable bonds is 7. The lowest BCUT2D eigenvalue weighted by molar-refractivity contribution is 0.0925. The summed E-state index contributed by atoms with van der Waals surface area (Å²) in [6.07, 6.45) is 3.05. The van der Waals surface area contributed by atoms with Crippen molar-refractivity contribution in [2.24, 2.45) is 0 Å². The molecule has 0 bridgehead atoms. The second-order valence-corrected chi connectivity index (χ2v) is 7.00. The molecular weight excluding hydrogens is 374 g/mol. The summed E-state index contributed by atoms with van der Waals surface area (Å²) in [5.74, 6) is 1.14. The molecule has 0 spiro atoms. The standard InChI is InChI=1S/C22H20ClN3O2/c23-17-11-9-16(10-12-17)15-26-19-6-2-1-5-18(19)25-21(26)8-3-13-24-22(27)20-7-4-14-28-20/h1-2,4-7,9-12,14H,3,8,13,15H2,(H,24,27). The van der Waals surface area contributed by atoms with Gasteiger partial charge in [0, 0.05) is 24.5 Å². The fourth-order valence-corrected chi connectivity index (χ4v) is 3.33. The highest BCUT2D eigenvalue weighted by Gasteiger charge is 2.12. The number of amides is 1.